The minimum atomic E-state index is -3.63. The molecule has 0 spiro atoms. The van der Waals surface area contributed by atoms with Crippen LogP contribution in [0, 0.1) is 17.5 Å². The summed E-state index contributed by atoms with van der Waals surface area (Å²) in [6, 6.07) is 17.2. The van der Waals surface area contributed by atoms with Crippen LogP contribution in [0.25, 0.3) is 33.6 Å². The average Bonchev–Trinajstić information content (AvgIpc) is 3.00. The lowest BCUT2D eigenvalue weighted by atomic mass is 9.99. The first-order valence-corrected chi connectivity index (χ1v) is 13.7. The first kappa shape index (κ1) is 29.9. The van der Waals surface area contributed by atoms with Crippen LogP contribution in [0.4, 0.5) is 22.0 Å². The topological polar surface area (TPSA) is 35.0 Å². The van der Waals surface area contributed by atoms with E-state index in [4.69, 9.17) is 16.3 Å². The lowest BCUT2D eigenvalue weighted by molar-refractivity contribution is -0.185. The predicted octanol–water partition coefficient (Wildman–Crippen LogP) is 10.2. The van der Waals surface area contributed by atoms with Crippen molar-refractivity contribution >= 4 is 11.6 Å². The van der Waals surface area contributed by atoms with Crippen molar-refractivity contribution in [3.8, 4) is 39.4 Å². The van der Waals surface area contributed by atoms with Crippen molar-refractivity contribution in [2.45, 2.75) is 25.9 Å². The molecule has 3 nitrogen and oxygen atoms in total. The molecule has 0 aliphatic rings. The molecule has 1 heterocycles. The van der Waals surface area contributed by atoms with E-state index in [1.165, 1.54) is 60.7 Å². The van der Waals surface area contributed by atoms with Crippen LogP contribution in [-0.2, 0) is 12.5 Å². The van der Waals surface area contributed by atoms with Gasteiger partial charge >= 0.3 is 6.11 Å². The summed E-state index contributed by atoms with van der Waals surface area (Å²) in [5.41, 5.74) is 2.14. The Morgan fingerprint density at radius 3 is 1.93 bits per heavy atom. The molecule has 0 aliphatic carbocycles. The Morgan fingerprint density at radius 2 is 1.33 bits per heavy atom. The second-order valence-electron chi connectivity index (χ2n) is 9.69. The molecular weight excluding hydrogens is 583 g/mol. The summed E-state index contributed by atoms with van der Waals surface area (Å²) in [6.07, 6.45) is 5.56. The molecule has 0 N–H and O–H groups in total. The highest BCUT2D eigenvalue weighted by atomic mass is 35.5. The molecule has 0 fully saturated rings. The van der Waals surface area contributed by atoms with Gasteiger partial charge < -0.3 is 4.74 Å². The van der Waals surface area contributed by atoms with Gasteiger partial charge in [-0.25, -0.2) is 23.1 Å². The van der Waals surface area contributed by atoms with Crippen molar-refractivity contribution in [2.24, 2.45) is 0 Å². The molecule has 0 saturated carbocycles. The van der Waals surface area contributed by atoms with Gasteiger partial charge in [-0.1, -0.05) is 60.2 Å². The third-order valence-corrected chi connectivity index (χ3v) is 7.08. The number of benzene rings is 4. The lowest BCUT2D eigenvalue weighted by Gasteiger charge is -2.19. The summed E-state index contributed by atoms with van der Waals surface area (Å²) in [7, 11) is 0. The van der Waals surface area contributed by atoms with Crippen LogP contribution < -0.4 is 4.74 Å². The van der Waals surface area contributed by atoms with E-state index in [2.05, 4.69) is 16.0 Å². The summed E-state index contributed by atoms with van der Waals surface area (Å²) >= 11 is 5.51. The number of allylic oxidation sites excluding steroid dienone is 2. The Labute approximate surface area is 250 Å². The third kappa shape index (κ3) is 6.92. The number of rotatable bonds is 9. The number of alkyl halides is 2. The fraction of sp³-hybridized carbons (Fsp3) is 0.118. The number of nitrogens with zero attached hydrogens (tertiary/aromatic N) is 2. The third-order valence-electron chi connectivity index (χ3n) is 6.72. The second-order valence-corrected chi connectivity index (χ2v) is 10.1. The minimum absolute atomic E-state index is 0.0106. The molecule has 0 bridgehead atoms. The van der Waals surface area contributed by atoms with Crippen LogP contribution >= 0.6 is 11.6 Å². The number of aryl methyl sites for hydroxylation is 1. The van der Waals surface area contributed by atoms with E-state index in [1.807, 2.05) is 13.0 Å². The Balaban J connectivity index is 1.26. The summed E-state index contributed by atoms with van der Waals surface area (Å²) < 4.78 is 77.5. The Morgan fingerprint density at radius 1 is 0.744 bits per heavy atom. The highest BCUT2D eigenvalue weighted by Gasteiger charge is 2.34. The van der Waals surface area contributed by atoms with Crippen molar-refractivity contribution in [1.29, 1.82) is 0 Å². The van der Waals surface area contributed by atoms with Crippen LogP contribution in [-0.4, -0.2) is 9.97 Å². The van der Waals surface area contributed by atoms with Gasteiger partial charge in [-0.2, -0.15) is 8.78 Å². The smallest absolute Gasteiger partial charge is 0.426 e. The molecule has 43 heavy (non-hydrogen) atoms. The summed E-state index contributed by atoms with van der Waals surface area (Å²) in [4.78, 5) is 8.69. The lowest BCUT2D eigenvalue weighted by Crippen LogP contribution is -2.21. The van der Waals surface area contributed by atoms with E-state index < -0.39 is 28.6 Å². The van der Waals surface area contributed by atoms with E-state index in [0.717, 1.165) is 30.5 Å². The summed E-state index contributed by atoms with van der Waals surface area (Å²) in [5.74, 6) is -2.39. The van der Waals surface area contributed by atoms with Gasteiger partial charge in [0.2, 0.25) is 0 Å². The minimum Gasteiger partial charge on any atom is -0.429 e. The zero-order chi connectivity index (χ0) is 30.6. The van der Waals surface area contributed by atoms with Crippen molar-refractivity contribution in [1.82, 2.24) is 9.97 Å². The first-order chi connectivity index (χ1) is 20.6. The number of aromatic nitrogens is 2. The predicted molar refractivity (Wildman–Crippen MR) is 157 cm³/mol. The average molecular weight is 607 g/mol. The van der Waals surface area contributed by atoms with Crippen molar-refractivity contribution in [2.75, 3.05) is 0 Å². The van der Waals surface area contributed by atoms with Gasteiger partial charge in [-0.05, 0) is 84.5 Å². The fourth-order valence-corrected chi connectivity index (χ4v) is 4.53. The molecule has 9 heteroatoms. The molecule has 0 radical (unpaired) electrons. The van der Waals surface area contributed by atoms with Gasteiger partial charge in [0.15, 0.2) is 5.82 Å². The van der Waals surface area contributed by atoms with Gasteiger partial charge in [0.05, 0.1) is 5.56 Å². The maximum absolute atomic E-state index is 15.0. The molecule has 0 aliphatic heterocycles. The molecule has 0 unspecified atom stereocenters. The van der Waals surface area contributed by atoms with Crippen molar-refractivity contribution in [3.63, 3.8) is 0 Å². The van der Waals surface area contributed by atoms with Crippen LogP contribution in [0.15, 0.2) is 103 Å². The number of ether oxygens (including phenoxy) is 1. The van der Waals surface area contributed by atoms with E-state index in [9.17, 15) is 22.0 Å². The van der Waals surface area contributed by atoms with Crippen molar-refractivity contribution in [3.05, 3.63) is 137 Å². The number of halogens is 6. The maximum atomic E-state index is 15.0. The summed E-state index contributed by atoms with van der Waals surface area (Å²) in [5, 5.41) is -0.669. The normalized spacial score (nSPS) is 11.7. The second kappa shape index (κ2) is 12.8. The van der Waals surface area contributed by atoms with Gasteiger partial charge in [0.1, 0.15) is 28.2 Å². The van der Waals surface area contributed by atoms with Crippen molar-refractivity contribution < 1.29 is 26.7 Å². The molecule has 0 atom stereocenters. The molecule has 1 aromatic heterocycles. The van der Waals surface area contributed by atoms with Gasteiger partial charge in [0.25, 0.3) is 0 Å². The van der Waals surface area contributed by atoms with Crippen LogP contribution in [0.3, 0.4) is 0 Å². The molecule has 5 rings (SSSR count). The molecule has 218 valence electrons. The van der Waals surface area contributed by atoms with Gasteiger partial charge in [-0.3, -0.25) is 0 Å². The number of hydrogen-bond acceptors (Lipinski definition) is 3. The van der Waals surface area contributed by atoms with Crippen LogP contribution in [0.2, 0.25) is 5.02 Å². The standard InChI is InChI=1S/C34H24ClF5N2O/c1-2-3-4-5-21-19-41-33(42-20-21)23-6-11-26(12-7-23)34(39,40)43-27-13-8-22(9-14-27)24-10-15-28(29(36)16-24)25-17-30(37)32(35)31(38)18-25/h2-3,6-20H,4-5H2,1H3. The van der Waals surface area contributed by atoms with Crippen LogP contribution in [0.1, 0.15) is 24.5 Å². The van der Waals surface area contributed by atoms with E-state index >= 15 is 0 Å². The monoisotopic (exact) mass is 606 g/mol. The first-order valence-electron chi connectivity index (χ1n) is 13.3. The van der Waals surface area contributed by atoms with Crippen LogP contribution in [0.5, 0.6) is 5.75 Å². The van der Waals surface area contributed by atoms with E-state index in [0.29, 0.717) is 22.5 Å². The Hall–Kier alpha value is -4.56. The zero-order valence-electron chi connectivity index (χ0n) is 22.8. The molecule has 0 amide bonds. The van der Waals surface area contributed by atoms with Gasteiger partial charge in [-0.15, -0.1) is 0 Å². The highest BCUT2D eigenvalue weighted by Crippen LogP contribution is 2.35. The summed E-state index contributed by atoms with van der Waals surface area (Å²) in [6.45, 7) is 1.96. The molecule has 4 aromatic carbocycles. The largest absolute Gasteiger partial charge is 0.429 e. The molecule has 0 saturated heterocycles. The Bertz CT molecular complexity index is 1730. The van der Waals surface area contributed by atoms with E-state index in [1.54, 1.807) is 18.5 Å². The van der Waals surface area contributed by atoms with Gasteiger partial charge in [0, 0.05) is 23.5 Å². The molecular formula is C34H24ClF5N2O. The SMILES string of the molecule is CC=CCCc1cnc(-c2ccc(C(F)(F)Oc3ccc(-c4ccc(-c5cc(F)c(Cl)c(F)c5)c(F)c4)cc3)cc2)nc1. The Kier molecular flexibility index (Phi) is 8.87. The van der Waals surface area contributed by atoms with E-state index in [-0.39, 0.29) is 22.4 Å². The highest BCUT2D eigenvalue weighted by molar-refractivity contribution is 6.31. The maximum Gasteiger partial charge on any atom is 0.426 e. The zero-order valence-corrected chi connectivity index (χ0v) is 23.6. The molecule has 5 aromatic rings. The number of hydrogen-bond donors (Lipinski definition) is 0. The quantitative estimate of drug-likeness (QED) is 0.0951. The fourth-order valence-electron chi connectivity index (χ4n) is 4.43.